The number of sulfonamides is 1. The quantitative estimate of drug-likeness (QED) is 0.526. The molecule has 0 aromatic heterocycles. The molecule has 7 nitrogen and oxygen atoms in total. The summed E-state index contributed by atoms with van der Waals surface area (Å²) in [5, 5.41) is 2.70. The lowest BCUT2D eigenvalue weighted by Crippen LogP contribution is -2.38. The average molecular weight is 467 g/mol. The average Bonchev–Trinajstić information content (AvgIpc) is 2.79. The van der Waals surface area contributed by atoms with E-state index in [0.29, 0.717) is 16.9 Å². The van der Waals surface area contributed by atoms with Crippen molar-refractivity contribution in [2.24, 2.45) is 0 Å². The summed E-state index contributed by atoms with van der Waals surface area (Å²) in [6.07, 6.45) is 0. The lowest BCUT2D eigenvalue weighted by atomic mass is 10.1. The fourth-order valence-corrected chi connectivity index (χ4v) is 4.74. The number of nitrogens with one attached hydrogen (secondary N) is 1. The number of aryl methyl sites for hydroxylation is 3. The van der Waals surface area contributed by atoms with Crippen molar-refractivity contribution in [2.45, 2.75) is 25.7 Å². The summed E-state index contributed by atoms with van der Waals surface area (Å²) in [5.74, 6) is -1.00. The highest BCUT2D eigenvalue weighted by Gasteiger charge is 2.28. The van der Waals surface area contributed by atoms with Crippen LogP contribution in [0.2, 0.25) is 0 Å². The molecule has 0 spiro atoms. The van der Waals surface area contributed by atoms with Crippen molar-refractivity contribution in [3.63, 3.8) is 0 Å². The van der Waals surface area contributed by atoms with Gasteiger partial charge in [0.15, 0.2) is 0 Å². The zero-order valence-corrected chi connectivity index (χ0v) is 19.8. The molecule has 3 aromatic carbocycles. The van der Waals surface area contributed by atoms with Gasteiger partial charge in [-0.15, -0.1) is 0 Å². The van der Waals surface area contributed by atoms with Crippen LogP contribution in [-0.2, 0) is 19.6 Å². The van der Waals surface area contributed by atoms with E-state index in [0.717, 1.165) is 21.0 Å². The van der Waals surface area contributed by atoms with Crippen LogP contribution in [0.5, 0.6) is 0 Å². The van der Waals surface area contributed by atoms with Crippen LogP contribution in [-0.4, -0.2) is 33.9 Å². The van der Waals surface area contributed by atoms with Gasteiger partial charge in [0.05, 0.1) is 23.3 Å². The topological polar surface area (TPSA) is 92.8 Å². The van der Waals surface area contributed by atoms with Gasteiger partial charge in [-0.05, 0) is 74.4 Å². The third-order valence-electron chi connectivity index (χ3n) is 5.12. The van der Waals surface area contributed by atoms with E-state index in [9.17, 15) is 18.0 Å². The fourth-order valence-electron chi connectivity index (χ4n) is 3.26. The first kappa shape index (κ1) is 24.0. The van der Waals surface area contributed by atoms with Gasteiger partial charge in [-0.2, -0.15) is 0 Å². The predicted octanol–water partition coefficient (Wildman–Crippen LogP) is 4.23. The molecule has 0 atom stereocenters. The molecule has 3 rings (SSSR count). The SMILES string of the molecule is COC(=O)c1ccc(NC(=O)CN(c2cc(C)ccc2C)S(=O)(=O)c2ccc(C)cc2)cc1. The monoisotopic (exact) mass is 466 g/mol. The van der Waals surface area contributed by atoms with E-state index in [1.165, 1.54) is 31.4 Å². The summed E-state index contributed by atoms with van der Waals surface area (Å²) in [5.41, 5.74) is 3.74. The van der Waals surface area contributed by atoms with Crippen LogP contribution in [0.1, 0.15) is 27.0 Å². The molecule has 0 radical (unpaired) electrons. The Bertz CT molecular complexity index is 1270. The van der Waals surface area contributed by atoms with Gasteiger partial charge in [-0.25, -0.2) is 13.2 Å². The molecule has 0 heterocycles. The Hall–Kier alpha value is -3.65. The Morgan fingerprint density at radius 3 is 2.09 bits per heavy atom. The number of carbonyl (C=O) groups is 2. The maximum absolute atomic E-state index is 13.5. The first-order valence-electron chi connectivity index (χ1n) is 10.3. The summed E-state index contributed by atoms with van der Waals surface area (Å²) in [6, 6.07) is 18.1. The van der Waals surface area contributed by atoms with Crippen molar-refractivity contribution < 1.29 is 22.7 Å². The number of carbonyl (C=O) groups excluding carboxylic acids is 2. The Kier molecular flexibility index (Phi) is 7.18. The highest BCUT2D eigenvalue weighted by atomic mass is 32.2. The molecule has 0 saturated carbocycles. The van der Waals surface area contributed by atoms with E-state index >= 15 is 0 Å². The normalized spacial score (nSPS) is 11.0. The summed E-state index contributed by atoms with van der Waals surface area (Å²) < 4.78 is 32.9. The fraction of sp³-hybridized carbons (Fsp3) is 0.200. The van der Waals surface area contributed by atoms with Crippen LogP contribution in [0.4, 0.5) is 11.4 Å². The zero-order chi connectivity index (χ0) is 24.2. The van der Waals surface area contributed by atoms with E-state index in [1.807, 2.05) is 26.0 Å². The largest absolute Gasteiger partial charge is 0.465 e. The first-order valence-corrected chi connectivity index (χ1v) is 11.7. The van der Waals surface area contributed by atoms with Gasteiger partial charge < -0.3 is 10.1 Å². The molecule has 0 bridgehead atoms. The van der Waals surface area contributed by atoms with Gasteiger partial charge >= 0.3 is 5.97 Å². The van der Waals surface area contributed by atoms with Crippen LogP contribution in [0.25, 0.3) is 0 Å². The Morgan fingerprint density at radius 1 is 0.879 bits per heavy atom. The second-order valence-electron chi connectivity index (χ2n) is 7.73. The maximum atomic E-state index is 13.5. The molecule has 0 aliphatic carbocycles. The van der Waals surface area contributed by atoms with E-state index in [2.05, 4.69) is 10.1 Å². The van der Waals surface area contributed by atoms with E-state index < -0.39 is 28.4 Å². The van der Waals surface area contributed by atoms with Gasteiger partial charge in [0, 0.05) is 5.69 Å². The van der Waals surface area contributed by atoms with Gasteiger partial charge in [-0.3, -0.25) is 9.10 Å². The predicted molar refractivity (Wildman–Crippen MR) is 128 cm³/mol. The summed E-state index contributed by atoms with van der Waals surface area (Å²) in [7, 11) is -2.72. The second kappa shape index (κ2) is 9.87. The van der Waals surface area contributed by atoms with E-state index in [-0.39, 0.29) is 4.90 Å². The smallest absolute Gasteiger partial charge is 0.337 e. The van der Waals surface area contributed by atoms with Crippen LogP contribution < -0.4 is 9.62 Å². The highest BCUT2D eigenvalue weighted by Crippen LogP contribution is 2.28. The molecule has 172 valence electrons. The van der Waals surface area contributed by atoms with Crippen LogP contribution in [0.3, 0.4) is 0 Å². The molecular formula is C25H26N2O5S. The second-order valence-corrected chi connectivity index (χ2v) is 9.59. The molecular weight excluding hydrogens is 440 g/mol. The number of ether oxygens (including phenoxy) is 1. The van der Waals surface area contributed by atoms with Gasteiger partial charge in [0.2, 0.25) is 5.91 Å². The van der Waals surface area contributed by atoms with Crippen molar-refractivity contribution >= 4 is 33.3 Å². The maximum Gasteiger partial charge on any atom is 0.337 e. The minimum absolute atomic E-state index is 0.101. The number of benzene rings is 3. The number of nitrogens with zero attached hydrogens (tertiary/aromatic N) is 1. The van der Waals surface area contributed by atoms with Crippen LogP contribution >= 0.6 is 0 Å². The molecule has 33 heavy (non-hydrogen) atoms. The van der Waals surface area contributed by atoms with Crippen molar-refractivity contribution in [2.75, 3.05) is 23.3 Å². The molecule has 0 saturated heterocycles. The summed E-state index contributed by atoms with van der Waals surface area (Å²) in [6.45, 7) is 5.12. The Balaban J connectivity index is 1.93. The van der Waals surface area contributed by atoms with Crippen molar-refractivity contribution in [3.8, 4) is 0 Å². The van der Waals surface area contributed by atoms with Gasteiger partial charge in [0.25, 0.3) is 10.0 Å². The van der Waals surface area contributed by atoms with Crippen molar-refractivity contribution in [3.05, 3.63) is 89.0 Å². The Labute approximate surface area is 194 Å². The number of hydrogen-bond donors (Lipinski definition) is 1. The van der Waals surface area contributed by atoms with Crippen molar-refractivity contribution in [1.29, 1.82) is 0 Å². The molecule has 0 fully saturated rings. The minimum atomic E-state index is -4.01. The Morgan fingerprint density at radius 2 is 1.48 bits per heavy atom. The van der Waals surface area contributed by atoms with Crippen molar-refractivity contribution in [1.82, 2.24) is 0 Å². The summed E-state index contributed by atoms with van der Waals surface area (Å²) in [4.78, 5) is 24.6. The zero-order valence-electron chi connectivity index (χ0n) is 19.0. The molecule has 1 N–H and O–H groups in total. The number of esters is 1. The van der Waals surface area contributed by atoms with Gasteiger partial charge in [0.1, 0.15) is 6.54 Å². The molecule has 8 heteroatoms. The number of rotatable bonds is 7. The lowest BCUT2D eigenvalue weighted by molar-refractivity contribution is -0.114. The van der Waals surface area contributed by atoms with Crippen LogP contribution in [0, 0.1) is 20.8 Å². The molecule has 0 unspecified atom stereocenters. The minimum Gasteiger partial charge on any atom is -0.465 e. The van der Waals surface area contributed by atoms with Gasteiger partial charge in [-0.1, -0.05) is 29.8 Å². The molecule has 0 aliphatic rings. The third kappa shape index (κ3) is 5.59. The van der Waals surface area contributed by atoms with E-state index in [1.54, 1.807) is 37.3 Å². The number of anilines is 2. The molecule has 3 aromatic rings. The number of amides is 1. The lowest BCUT2D eigenvalue weighted by Gasteiger charge is -2.26. The number of hydrogen-bond acceptors (Lipinski definition) is 5. The standard InChI is InChI=1S/C25H26N2O5S/c1-17-6-13-22(14-7-17)33(30,31)27(23-15-18(2)5-8-19(23)3)16-24(28)26-21-11-9-20(10-12-21)25(29)32-4/h5-15H,16H2,1-4H3,(H,26,28). The number of methoxy groups -OCH3 is 1. The molecule has 1 amide bonds. The molecule has 0 aliphatic heterocycles. The van der Waals surface area contributed by atoms with Crippen LogP contribution in [0.15, 0.2) is 71.6 Å². The van der Waals surface area contributed by atoms with E-state index in [4.69, 9.17) is 0 Å². The first-order chi connectivity index (χ1) is 15.6. The summed E-state index contributed by atoms with van der Waals surface area (Å²) >= 11 is 0. The third-order valence-corrected chi connectivity index (χ3v) is 6.89. The highest BCUT2D eigenvalue weighted by molar-refractivity contribution is 7.92.